The molecule has 5 nitrogen and oxygen atoms in total. The van der Waals surface area contributed by atoms with Crippen LogP contribution in [0.4, 0.5) is 0 Å². The number of nitrogens with one attached hydrogen (secondary N) is 2. The molecule has 0 aromatic carbocycles. The zero-order valence-electron chi connectivity index (χ0n) is 17.7. The third-order valence-corrected chi connectivity index (χ3v) is 5.24. The van der Waals surface area contributed by atoms with Crippen molar-refractivity contribution in [3.05, 3.63) is 16.1 Å². The van der Waals surface area contributed by atoms with Crippen LogP contribution in [0.5, 0.6) is 0 Å². The SMILES string of the molecule is CCNC(=NCc1csc(C(C)(C)C)n1)NCCN(C(C)C)C(C)C.I. The van der Waals surface area contributed by atoms with Crippen molar-refractivity contribution in [2.45, 2.75) is 79.4 Å². The van der Waals surface area contributed by atoms with Gasteiger partial charge in [-0.25, -0.2) is 9.98 Å². The molecule has 0 aliphatic heterocycles. The van der Waals surface area contributed by atoms with Gasteiger partial charge in [-0.1, -0.05) is 20.8 Å². The first kappa shape index (κ1) is 25.6. The van der Waals surface area contributed by atoms with Crippen LogP contribution in [0.3, 0.4) is 0 Å². The minimum Gasteiger partial charge on any atom is -0.357 e. The zero-order chi connectivity index (χ0) is 19.0. The van der Waals surface area contributed by atoms with Gasteiger partial charge in [0.05, 0.1) is 17.2 Å². The molecule has 1 aromatic rings. The summed E-state index contributed by atoms with van der Waals surface area (Å²) in [5.74, 6) is 0.861. The van der Waals surface area contributed by atoms with Crippen molar-refractivity contribution in [3.8, 4) is 0 Å². The van der Waals surface area contributed by atoms with Gasteiger partial charge in [0.25, 0.3) is 0 Å². The average Bonchev–Trinajstić information content (AvgIpc) is 2.97. The van der Waals surface area contributed by atoms with Crippen LogP contribution < -0.4 is 10.6 Å². The second-order valence-corrected chi connectivity index (χ2v) is 8.80. The highest BCUT2D eigenvalue weighted by Gasteiger charge is 2.18. The zero-order valence-corrected chi connectivity index (χ0v) is 20.9. The van der Waals surface area contributed by atoms with E-state index in [0.29, 0.717) is 18.6 Å². The van der Waals surface area contributed by atoms with E-state index in [9.17, 15) is 0 Å². The molecule has 0 aliphatic rings. The summed E-state index contributed by atoms with van der Waals surface area (Å²) in [6.07, 6.45) is 0. The molecule has 152 valence electrons. The molecule has 1 rings (SSSR count). The van der Waals surface area contributed by atoms with Crippen LogP contribution in [0.1, 0.15) is 66.1 Å². The third-order valence-electron chi connectivity index (χ3n) is 3.93. The second-order valence-electron chi connectivity index (χ2n) is 7.94. The lowest BCUT2D eigenvalue weighted by atomic mass is 9.98. The minimum absolute atomic E-state index is 0. The topological polar surface area (TPSA) is 52.6 Å². The van der Waals surface area contributed by atoms with Crippen molar-refractivity contribution in [1.82, 2.24) is 20.5 Å². The Balaban J connectivity index is 0.00000625. The molecule has 2 N–H and O–H groups in total. The highest BCUT2D eigenvalue weighted by molar-refractivity contribution is 14.0. The summed E-state index contributed by atoms with van der Waals surface area (Å²) in [6.45, 7) is 21.0. The first-order valence-corrected chi connectivity index (χ1v) is 10.3. The number of rotatable bonds is 8. The molecule has 0 atom stereocenters. The first-order chi connectivity index (χ1) is 11.6. The molecule has 0 radical (unpaired) electrons. The Morgan fingerprint density at radius 2 is 1.81 bits per heavy atom. The van der Waals surface area contributed by atoms with E-state index in [4.69, 9.17) is 4.98 Å². The van der Waals surface area contributed by atoms with Crippen molar-refractivity contribution in [2.24, 2.45) is 4.99 Å². The van der Waals surface area contributed by atoms with Crippen LogP contribution in [0.2, 0.25) is 0 Å². The number of hydrogen-bond donors (Lipinski definition) is 2. The number of aliphatic imine (C=N–C) groups is 1. The van der Waals surface area contributed by atoms with Crippen LogP contribution in [0.15, 0.2) is 10.4 Å². The smallest absolute Gasteiger partial charge is 0.191 e. The molecule has 0 aliphatic carbocycles. The van der Waals surface area contributed by atoms with Crippen LogP contribution in [-0.4, -0.2) is 47.6 Å². The van der Waals surface area contributed by atoms with E-state index in [1.165, 1.54) is 5.01 Å². The highest BCUT2D eigenvalue weighted by Crippen LogP contribution is 2.25. The van der Waals surface area contributed by atoms with E-state index < -0.39 is 0 Å². The average molecular weight is 496 g/mol. The molecule has 0 saturated heterocycles. The van der Waals surface area contributed by atoms with Crippen molar-refractivity contribution in [2.75, 3.05) is 19.6 Å². The predicted molar refractivity (Wildman–Crippen MR) is 126 cm³/mol. The number of hydrogen-bond acceptors (Lipinski definition) is 4. The fourth-order valence-electron chi connectivity index (χ4n) is 2.64. The van der Waals surface area contributed by atoms with Crippen molar-refractivity contribution < 1.29 is 0 Å². The van der Waals surface area contributed by atoms with Crippen molar-refractivity contribution in [3.63, 3.8) is 0 Å². The van der Waals surface area contributed by atoms with E-state index in [2.05, 4.69) is 81.3 Å². The van der Waals surface area contributed by atoms with Gasteiger partial charge in [-0.05, 0) is 34.6 Å². The van der Waals surface area contributed by atoms with Crippen molar-refractivity contribution >= 4 is 41.3 Å². The highest BCUT2D eigenvalue weighted by atomic mass is 127. The molecule has 7 heteroatoms. The number of guanidine groups is 1. The molecule has 0 spiro atoms. The second kappa shape index (κ2) is 12.1. The van der Waals surface area contributed by atoms with Crippen LogP contribution in [0.25, 0.3) is 0 Å². The summed E-state index contributed by atoms with van der Waals surface area (Å²) in [5.41, 5.74) is 1.14. The van der Waals surface area contributed by atoms with E-state index in [1.54, 1.807) is 11.3 Å². The van der Waals surface area contributed by atoms with Gasteiger partial charge in [0.1, 0.15) is 0 Å². The van der Waals surface area contributed by atoms with E-state index in [0.717, 1.165) is 31.3 Å². The summed E-state index contributed by atoms with van der Waals surface area (Å²) in [4.78, 5) is 11.9. The van der Waals surface area contributed by atoms with Gasteiger partial charge < -0.3 is 10.6 Å². The van der Waals surface area contributed by atoms with Crippen LogP contribution in [-0.2, 0) is 12.0 Å². The standard InChI is InChI=1S/C19H37N5S.HI/c1-9-20-18(21-10-11-24(14(2)3)15(4)5)22-12-16-13-25-17(23-16)19(6,7)8;/h13-15H,9-12H2,1-8H3,(H2,20,21,22);1H. The molecule has 0 bridgehead atoms. The summed E-state index contributed by atoms with van der Waals surface area (Å²) >= 11 is 1.72. The lowest BCUT2D eigenvalue weighted by Crippen LogP contribution is -2.45. The number of nitrogens with zero attached hydrogens (tertiary/aromatic N) is 3. The Labute approximate surface area is 181 Å². The molecular formula is C19H38IN5S. The summed E-state index contributed by atoms with van der Waals surface area (Å²) in [5, 5.41) is 10.0. The Kier molecular flexibility index (Phi) is 11.9. The van der Waals surface area contributed by atoms with Crippen LogP contribution in [0, 0.1) is 0 Å². The summed E-state index contributed by atoms with van der Waals surface area (Å²) < 4.78 is 0. The number of thiazole rings is 1. The maximum atomic E-state index is 4.72. The van der Waals surface area contributed by atoms with Crippen LogP contribution >= 0.6 is 35.3 Å². The van der Waals surface area contributed by atoms with Gasteiger partial charge in [-0.2, -0.15) is 0 Å². The molecule has 26 heavy (non-hydrogen) atoms. The Bertz CT molecular complexity index is 526. The maximum absolute atomic E-state index is 4.72. The maximum Gasteiger partial charge on any atom is 0.191 e. The summed E-state index contributed by atoms with van der Waals surface area (Å²) in [7, 11) is 0. The van der Waals surface area contributed by atoms with E-state index >= 15 is 0 Å². The number of aromatic nitrogens is 1. The Morgan fingerprint density at radius 3 is 2.27 bits per heavy atom. The van der Waals surface area contributed by atoms with Gasteiger partial charge in [0.2, 0.25) is 0 Å². The monoisotopic (exact) mass is 495 g/mol. The molecule has 0 amide bonds. The van der Waals surface area contributed by atoms with E-state index in [1.807, 2.05) is 0 Å². The first-order valence-electron chi connectivity index (χ1n) is 9.38. The molecule has 0 unspecified atom stereocenters. The van der Waals surface area contributed by atoms with Gasteiger partial charge >= 0.3 is 0 Å². The Morgan fingerprint density at radius 1 is 1.19 bits per heavy atom. The molecular weight excluding hydrogens is 457 g/mol. The molecule has 0 saturated carbocycles. The minimum atomic E-state index is 0. The Hall–Kier alpha value is -0.410. The predicted octanol–water partition coefficient (Wildman–Crippen LogP) is 4.23. The lowest BCUT2D eigenvalue weighted by molar-refractivity contribution is 0.178. The number of halogens is 1. The molecule has 1 aromatic heterocycles. The van der Waals surface area contributed by atoms with Gasteiger partial charge in [-0.15, -0.1) is 35.3 Å². The third kappa shape index (κ3) is 8.99. The fraction of sp³-hybridized carbons (Fsp3) is 0.789. The fourth-order valence-corrected chi connectivity index (χ4v) is 3.54. The normalized spacial score (nSPS) is 12.7. The van der Waals surface area contributed by atoms with Crippen molar-refractivity contribution in [1.29, 1.82) is 0 Å². The van der Waals surface area contributed by atoms with E-state index in [-0.39, 0.29) is 29.4 Å². The lowest BCUT2D eigenvalue weighted by Gasteiger charge is -2.30. The summed E-state index contributed by atoms with van der Waals surface area (Å²) in [6, 6.07) is 1.10. The molecule has 0 fully saturated rings. The molecule has 1 heterocycles. The van der Waals surface area contributed by atoms with Gasteiger partial charge in [0, 0.05) is 42.5 Å². The van der Waals surface area contributed by atoms with Gasteiger partial charge in [0.15, 0.2) is 5.96 Å². The largest absolute Gasteiger partial charge is 0.357 e. The quantitative estimate of drug-likeness (QED) is 0.322. The van der Waals surface area contributed by atoms with Gasteiger partial charge in [-0.3, -0.25) is 4.90 Å².